The van der Waals surface area contributed by atoms with Crippen molar-refractivity contribution in [2.45, 2.75) is 13.1 Å². The van der Waals surface area contributed by atoms with Gasteiger partial charge in [0.05, 0.1) is 5.56 Å². The lowest BCUT2D eigenvalue weighted by Gasteiger charge is -2.12. The third-order valence-electron chi connectivity index (χ3n) is 2.19. The number of alkyl halides is 3. The van der Waals surface area contributed by atoms with E-state index in [2.05, 4.69) is 5.32 Å². The summed E-state index contributed by atoms with van der Waals surface area (Å²) in [4.78, 5) is 0. The zero-order chi connectivity index (χ0) is 12.2. The molecule has 5 heteroatoms. The van der Waals surface area contributed by atoms with Crippen LogP contribution in [0.3, 0.4) is 0 Å². The zero-order valence-electron chi connectivity index (χ0n) is 9.19. The number of nitrogens with one attached hydrogen (secondary N) is 1. The molecule has 0 saturated heterocycles. The summed E-state index contributed by atoms with van der Waals surface area (Å²) in [7, 11) is 0. The lowest BCUT2D eigenvalue weighted by Crippen LogP contribution is -2.09. The number of halogens is 3. The van der Waals surface area contributed by atoms with Crippen LogP contribution >= 0.6 is 11.8 Å². The molecular weight excluding hydrogens is 235 g/mol. The molecule has 1 aromatic rings. The highest BCUT2D eigenvalue weighted by molar-refractivity contribution is 7.98. The third kappa shape index (κ3) is 3.63. The van der Waals surface area contributed by atoms with Gasteiger partial charge in [0.15, 0.2) is 0 Å². The maximum Gasteiger partial charge on any atom is 0.416 e. The normalized spacial score (nSPS) is 11.6. The molecule has 0 radical (unpaired) electrons. The van der Waals surface area contributed by atoms with Gasteiger partial charge in [-0.05, 0) is 30.9 Å². The molecule has 0 bridgehead atoms. The first kappa shape index (κ1) is 13.2. The van der Waals surface area contributed by atoms with Crippen LogP contribution in [0.5, 0.6) is 0 Å². The number of rotatable bonds is 4. The molecule has 0 aliphatic carbocycles. The van der Waals surface area contributed by atoms with E-state index < -0.39 is 11.7 Å². The number of thioether (sulfide) groups is 1. The quantitative estimate of drug-likeness (QED) is 0.815. The molecule has 1 rings (SSSR count). The minimum Gasteiger partial charge on any atom is -0.384 e. The van der Waals surface area contributed by atoms with Gasteiger partial charge in [0.2, 0.25) is 0 Å². The van der Waals surface area contributed by atoms with Gasteiger partial charge in [-0.15, -0.1) is 0 Å². The predicted molar refractivity (Wildman–Crippen MR) is 63.1 cm³/mol. The Morgan fingerprint density at radius 2 is 2.00 bits per heavy atom. The number of hydrogen-bond donors (Lipinski definition) is 1. The zero-order valence-corrected chi connectivity index (χ0v) is 10.0. The van der Waals surface area contributed by atoms with E-state index in [1.54, 1.807) is 18.7 Å². The van der Waals surface area contributed by atoms with Crippen LogP contribution in [-0.4, -0.2) is 18.6 Å². The minimum absolute atomic E-state index is 0.559. The molecule has 0 aliphatic rings. The van der Waals surface area contributed by atoms with Gasteiger partial charge in [-0.2, -0.15) is 24.9 Å². The summed E-state index contributed by atoms with van der Waals surface area (Å²) in [5.41, 5.74) is 0.780. The molecule has 0 fully saturated rings. The first-order valence-corrected chi connectivity index (χ1v) is 6.25. The molecular formula is C11H14F3NS. The van der Waals surface area contributed by atoms with Crippen LogP contribution in [0.15, 0.2) is 18.2 Å². The van der Waals surface area contributed by atoms with E-state index in [0.29, 0.717) is 12.2 Å². The highest BCUT2D eigenvalue weighted by Gasteiger charge is 2.30. The number of anilines is 1. The van der Waals surface area contributed by atoms with Crippen molar-refractivity contribution in [2.75, 3.05) is 23.9 Å². The monoisotopic (exact) mass is 249 g/mol. The van der Waals surface area contributed by atoms with Gasteiger partial charge in [0.25, 0.3) is 0 Å². The molecule has 0 saturated carbocycles. The van der Waals surface area contributed by atoms with Crippen molar-refractivity contribution in [1.82, 2.24) is 0 Å². The summed E-state index contributed by atoms with van der Waals surface area (Å²) in [5, 5.41) is 3.01. The van der Waals surface area contributed by atoms with Crippen molar-refractivity contribution >= 4 is 17.4 Å². The maximum absolute atomic E-state index is 12.5. The largest absolute Gasteiger partial charge is 0.416 e. The van der Waals surface area contributed by atoms with Crippen molar-refractivity contribution < 1.29 is 13.2 Å². The molecule has 1 N–H and O–H groups in total. The molecule has 90 valence electrons. The molecule has 16 heavy (non-hydrogen) atoms. The van der Waals surface area contributed by atoms with Crippen LogP contribution in [0.1, 0.15) is 11.1 Å². The van der Waals surface area contributed by atoms with Gasteiger partial charge in [-0.25, -0.2) is 0 Å². The molecule has 0 unspecified atom stereocenters. The second kappa shape index (κ2) is 5.48. The van der Waals surface area contributed by atoms with Crippen molar-refractivity contribution in [3.63, 3.8) is 0 Å². The summed E-state index contributed by atoms with van der Waals surface area (Å²) < 4.78 is 37.4. The fourth-order valence-electron chi connectivity index (χ4n) is 1.28. The number of aryl methyl sites for hydroxylation is 1. The molecule has 0 aliphatic heterocycles. The first-order valence-electron chi connectivity index (χ1n) is 4.86. The van der Waals surface area contributed by atoms with E-state index in [-0.39, 0.29) is 0 Å². The average molecular weight is 249 g/mol. The van der Waals surface area contributed by atoms with E-state index in [0.717, 1.165) is 23.4 Å². The second-order valence-electron chi connectivity index (χ2n) is 3.45. The molecule has 0 heterocycles. The van der Waals surface area contributed by atoms with Gasteiger partial charge >= 0.3 is 6.18 Å². The number of benzene rings is 1. The lowest BCUT2D eigenvalue weighted by atomic mass is 10.1. The van der Waals surface area contributed by atoms with Crippen molar-refractivity contribution in [3.8, 4) is 0 Å². The van der Waals surface area contributed by atoms with Crippen LogP contribution in [0, 0.1) is 6.92 Å². The average Bonchev–Trinajstić information content (AvgIpc) is 2.19. The van der Waals surface area contributed by atoms with E-state index in [1.165, 1.54) is 6.07 Å². The van der Waals surface area contributed by atoms with Crippen LogP contribution in [0.2, 0.25) is 0 Å². The highest BCUT2D eigenvalue weighted by atomic mass is 32.2. The Balaban J connectivity index is 2.83. The molecule has 0 aromatic heterocycles. The Kier molecular flexibility index (Phi) is 4.53. The molecule has 0 atom stereocenters. The van der Waals surface area contributed by atoms with E-state index in [1.807, 2.05) is 6.26 Å². The fourth-order valence-corrected chi connectivity index (χ4v) is 1.58. The van der Waals surface area contributed by atoms with Crippen LogP contribution < -0.4 is 5.32 Å². The van der Waals surface area contributed by atoms with Crippen molar-refractivity contribution in [1.29, 1.82) is 0 Å². The second-order valence-corrected chi connectivity index (χ2v) is 4.43. The summed E-state index contributed by atoms with van der Waals surface area (Å²) in [6, 6.07) is 3.76. The Morgan fingerprint density at radius 3 is 2.56 bits per heavy atom. The Hall–Kier alpha value is -0.840. The predicted octanol–water partition coefficient (Wildman–Crippen LogP) is 3.79. The topological polar surface area (TPSA) is 12.0 Å². The minimum atomic E-state index is -4.27. The Labute approximate surface area is 97.4 Å². The summed E-state index contributed by atoms with van der Waals surface area (Å²) in [6.45, 7) is 2.46. The smallest absolute Gasteiger partial charge is 0.384 e. The molecule has 1 aromatic carbocycles. The third-order valence-corrected chi connectivity index (χ3v) is 2.80. The Bertz CT molecular complexity index is 350. The molecule has 1 nitrogen and oxygen atoms in total. The maximum atomic E-state index is 12.5. The van der Waals surface area contributed by atoms with Gasteiger partial charge in [0, 0.05) is 18.0 Å². The van der Waals surface area contributed by atoms with Crippen LogP contribution in [-0.2, 0) is 6.18 Å². The van der Waals surface area contributed by atoms with Crippen LogP contribution in [0.4, 0.5) is 18.9 Å². The lowest BCUT2D eigenvalue weighted by molar-refractivity contribution is -0.137. The van der Waals surface area contributed by atoms with Gasteiger partial charge in [-0.1, -0.05) is 6.07 Å². The molecule has 0 amide bonds. The first-order chi connectivity index (χ1) is 7.45. The summed E-state index contributed by atoms with van der Waals surface area (Å²) >= 11 is 1.65. The summed E-state index contributed by atoms with van der Waals surface area (Å²) in [6.07, 6.45) is -2.32. The van der Waals surface area contributed by atoms with E-state index >= 15 is 0 Å². The van der Waals surface area contributed by atoms with Crippen LogP contribution in [0.25, 0.3) is 0 Å². The van der Waals surface area contributed by atoms with Gasteiger partial charge < -0.3 is 5.32 Å². The highest BCUT2D eigenvalue weighted by Crippen LogP contribution is 2.31. The standard InChI is InChI=1S/C11H14F3NS/c1-8-3-4-9(11(12,13)14)7-10(8)15-5-6-16-2/h3-4,7,15H,5-6H2,1-2H3. The molecule has 0 spiro atoms. The fraction of sp³-hybridized carbons (Fsp3) is 0.455. The number of hydrogen-bond acceptors (Lipinski definition) is 2. The summed E-state index contributed by atoms with van der Waals surface area (Å²) in [5.74, 6) is 0.871. The SMILES string of the molecule is CSCCNc1cc(C(F)(F)F)ccc1C. The van der Waals surface area contributed by atoms with Crippen molar-refractivity contribution in [3.05, 3.63) is 29.3 Å². The van der Waals surface area contributed by atoms with Gasteiger partial charge in [0.1, 0.15) is 0 Å². The Morgan fingerprint density at radius 1 is 1.31 bits per heavy atom. The van der Waals surface area contributed by atoms with Gasteiger partial charge in [-0.3, -0.25) is 0 Å². The van der Waals surface area contributed by atoms with E-state index in [4.69, 9.17) is 0 Å². The van der Waals surface area contributed by atoms with Crippen molar-refractivity contribution in [2.24, 2.45) is 0 Å². The van der Waals surface area contributed by atoms with E-state index in [9.17, 15) is 13.2 Å².